The third-order valence-electron chi connectivity index (χ3n) is 2.77. The Hall–Kier alpha value is -1.24. The topological polar surface area (TPSA) is 81.4 Å². The van der Waals surface area contributed by atoms with Crippen LogP contribution < -0.4 is 11.1 Å². The number of nitrogens with two attached hydrogens (primary N) is 1. The molecule has 116 valence electrons. The zero-order valence-corrected chi connectivity index (χ0v) is 13.6. The van der Waals surface area contributed by atoms with Gasteiger partial charge in [0.2, 0.25) is 5.91 Å². The minimum absolute atomic E-state index is 0.0999. The molecule has 3 N–H and O–H groups in total. The zero-order chi connectivity index (χ0) is 15.8. The fourth-order valence-electron chi connectivity index (χ4n) is 1.60. The summed E-state index contributed by atoms with van der Waals surface area (Å²) >= 11 is 7.28. The van der Waals surface area contributed by atoms with Crippen LogP contribution in [0.2, 0.25) is 5.02 Å². The number of hydrogen-bond donors (Lipinski definition) is 2. The molecule has 1 aromatic carbocycles. The highest BCUT2D eigenvalue weighted by atomic mass is 35.5. The second kappa shape index (κ2) is 8.92. The van der Waals surface area contributed by atoms with Crippen molar-refractivity contribution in [1.82, 2.24) is 0 Å². The van der Waals surface area contributed by atoms with E-state index in [0.29, 0.717) is 22.9 Å². The summed E-state index contributed by atoms with van der Waals surface area (Å²) in [5, 5.41) is 3.45. The van der Waals surface area contributed by atoms with Gasteiger partial charge in [0.25, 0.3) is 0 Å². The van der Waals surface area contributed by atoms with Crippen molar-refractivity contribution in [2.24, 2.45) is 5.73 Å². The molecule has 21 heavy (non-hydrogen) atoms. The summed E-state index contributed by atoms with van der Waals surface area (Å²) in [6.45, 7) is 1.88. The van der Waals surface area contributed by atoms with Crippen LogP contribution in [0, 0.1) is 6.92 Å². The van der Waals surface area contributed by atoms with Crippen LogP contribution in [0.1, 0.15) is 12.0 Å². The van der Waals surface area contributed by atoms with E-state index in [9.17, 15) is 9.59 Å². The fourth-order valence-corrected chi connectivity index (χ4v) is 2.65. The number of rotatable bonds is 7. The molecule has 0 saturated carbocycles. The lowest BCUT2D eigenvalue weighted by atomic mass is 10.2. The average Bonchev–Trinajstić information content (AvgIpc) is 2.45. The number of nitrogens with one attached hydrogen (secondary N) is 1. The summed E-state index contributed by atoms with van der Waals surface area (Å²) in [5.41, 5.74) is 7.26. The number of ether oxygens (including phenoxy) is 1. The predicted molar refractivity (Wildman–Crippen MR) is 86.8 cm³/mol. The number of carbonyl (C=O) groups excluding carboxylic acids is 2. The van der Waals surface area contributed by atoms with Crippen molar-refractivity contribution in [2.75, 3.05) is 23.9 Å². The summed E-state index contributed by atoms with van der Waals surface area (Å²) in [6.07, 6.45) is 0.477. The number of carbonyl (C=O) groups is 2. The molecule has 0 aromatic heterocycles. The van der Waals surface area contributed by atoms with Gasteiger partial charge in [-0.1, -0.05) is 11.6 Å². The molecule has 1 aromatic rings. The van der Waals surface area contributed by atoms with E-state index in [1.165, 1.54) is 18.9 Å². The van der Waals surface area contributed by atoms with Crippen molar-refractivity contribution in [1.29, 1.82) is 0 Å². The Kier molecular flexibility index (Phi) is 7.56. The number of amides is 1. The molecule has 0 heterocycles. The summed E-state index contributed by atoms with van der Waals surface area (Å²) < 4.78 is 4.53. The van der Waals surface area contributed by atoms with Gasteiger partial charge in [0, 0.05) is 10.7 Å². The van der Waals surface area contributed by atoms with Crippen LogP contribution in [0.5, 0.6) is 0 Å². The van der Waals surface area contributed by atoms with Gasteiger partial charge in [-0.2, -0.15) is 11.8 Å². The number of anilines is 1. The van der Waals surface area contributed by atoms with Gasteiger partial charge in [-0.15, -0.1) is 0 Å². The van der Waals surface area contributed by atoms with E-state index in [-0.39, 0.29) is 5.91 Å². The van der Waals surface area contributed by atoms with Crippen LogP contribution in [-0.4, -0.2) is 36.5 Å². The molecule has 0 bridgehead atoms. The Bertz CT molecular complexity index is 511. The summed E-state index contributed by atoms with van der Waals surface area (Å²) in [7, 11) is 1.30. The lowest BCUT2D eigenvalue weighted by molar-refractivity contribution is -0.142. The first-order valence-corrected chi connectivity index (χ1v) is 7.94. The molecule has 0 aliphatic rings. The minimum Gasteiger partial charge on any atom is -0.468 e. The van der Waals surface area contributed by atoms with Crippen LogP contribution >= 0.6 is 23.4 Å². The maximum absolute atomic E-state index is 11.8. The Morgan fingerprint density at radius 3 is 2.81 bits per heavy atom. The molecular weight excluding hydrogens is 312 g/mol. The molecule has 1 unspecified atom stereocenters. The maximum atomic E-state index is 11.8. The number of esters is 1. The number of thioether (sulfide) groups is 1. The molecule has 5 nitrogen and oxygen atoms in total. The molecule has 1 amide bonds. The van der Waals surface area contributed by atoms with Crippen molar-refractivity contribution >= 4 is 40.9 Å². The molecule has 1 rings (SSSR count). The molecule has 0 aliphatic carbocycles. The molecular formula is C14H19ClN2O3S. The average molecular weight is 331 g/mol. The molecule has 0 saturated heterocycles. The van der Waals surface area contributed by atoms with E-state index < -0.39 is 12.0 Å². The van der Waals surface area contributed by atoms with Crippen LogP contribution in [-0.2, 0) is 14.3 Å². The number of aryl methyl sites for hydroxylation is 1. The highest BCUT2D eigenvalue weighted by Gasteiger charge is 2.13. The molecule has 1 atom stereocenters. The quantitative estimate of drug-likeness (QED) is 0.591. The Balaban J connectivity index is 2.30. The van der Waals surface area contributed by atoms with Gasteiger partial charge in [-0.3, -0.25) is 9.59 Å². The minimum atomic E-state index is -0.635. The largest absolute Gasteiger partial charge is 0.468 e. The van der Waals surface area contributed by atoms with Crippen LogP contribution in [0.15, 0.2) is 18.2 Å². The monoisotopic (exact) mass is 330 g/mol. The van der Waals surface area contributed by atoms with Gasteiger partial charge in [-0.25, -0.2) is 0 Å². The molecule has 0 aliphatic heterocycles. The number of halogens is 1. The summed E-state index contributed by atoms with van der Waals surface area (Å²) in [4.78, 5) is 22.9. The SMILES string of the molecule is COC(=O)C(N)CCSCC(=O)Nc1ccc(Cl)cc1C. The van der Waals surface area contributed by atoms with Crippen LogP contribution in [0.25, 0.3) is 0 Å². The van der Waals surface area contributed by atoms with Crippen molar-refractivity contribution in [3.8, 4) is 0 Å². The second-order valence-corrected chi connectivity index (χ2v) is 6.02. The third kappa shape index (κ3) is 6.37. The smallest absolute Gasteiger partial charge is 0.322 e. The first kappa shape index (κ1) is 17.8. The standard InChI is InChI=1S/C14H19ClN2O3S/c1-9-7-10(15)3-4-12(9)17-13(18)8-21-6-5-11(16)14(19)20-2/h3-4,7,11H,5-6,8,16H2,1-2H3,(H,17,18). The fraction of sp³-hybridized carbons (Fsp3) is 0.429. The molecule has 7 heteroatoms. The second-order valence-electron chi connectivity index (χ2n) is 4.48. The lowest BCUT2D eigenvalue weighted by Gasteiger charge is -2.10. The first-order chi connectivity index (χ1) is 9.93. The van der Waals surface area contributed by atoms with Crippen molar-refractivity contribution in [2.45, 2.75) is 19.4 Å². The van der Waals surface area contributed by atoms with Gasteiger partial charge in [0.15, 0.2) is 0 Å². The summed E-state index contributed by atoms with van der Waals surface area (Å²) in [5.74, 6) is 0.382. The highest BCUT2D eigenvalue weighted by Crippen LogP contribution is 2.19. The van der Waals surface area contributed by atoms with Crippen LogP contribution in [0.3, 0.4) is 0 Å². The normalized spacial score (nSPS) is 11.8. The molecule has 0 radical (unpaired) electrons. The predicted octanol–water partition coefficient (Wildman–Crippen LogP) is 2.21. The van der Waals surface area contributed by atoms with E-state index in [4.69, 9.17) is 17.3 Å². The Morgan fingerprint density at radius 2 is 2.19 bits per heavy atom. The van der Waals surface area contributed by atoms with Gasteiger partial charge < -0.3 is 15.8 Å². The highest BCUT2D eigenvalue weighted by molar-refractivity contribution is 7.99. The van der Waals surface area contributed by atoms with Crippen molar-refractivity contribution < 1.29 is 14.3 Å². The van der Waals surface area contributed by atoms with Gasteiger partial charge in [-0.05, 0) is 42.9 Å². The molecule has 0 spiro atoms. The van der Waals surface area contributed by atoms with E-state index in [0.717, 1.165) is 11.3 Å². The number of methoxy groups -OCH3 is 1. The van der Waals surface area contributed by atoms with E-state index in [1.807, 2.05) is 6.92 Å². The van der Waals surface area contributed by atoms with Crippen LogP contribution in [0.4, 0.5) is 5.69 Å². The number of hydrogen-bond acceptors (Lipinski definition) is 5. The van der Waals surface area contributed by atoms with Crippen molar-refractivity contribution in [3.05, 3.63) is 28.8 Å². The van der Waals surface area contributed by atoms with Gasteiger partial charge >= 0.3 is 5.97 Å². The summed E-state index contributed by atoms with van der Waals surface area (Å²) in [6, 6.07) is 4.66. The lowest BCUT2D eigenvalue weighted by Crippen LogP contribution is -2.32. The third-order valence-corrected chi connectivity index (χ3v) is 4.00. The first-order valence-electron chi connectivity index (χ1n) is 6.41. The van der Waals surface area contributed by atoms with Gasteiger partial charge in [0.05, 0.1) is 12.9 Å². The Labute approximate surface area is 133 Å². The van der Waals surface area contributed by atoms with E-state index >= 15 is 0 Å². The Morgan fingerprint density at radius 1 is 1.48 bits per heavy atom. The van der Waals surface area contributed by atoms with Gasteiger partial charge in [0.1, 0.15) is 6.04 Å². The van der Waals surface area contributed by atoms with Crippen molar-refractivity contribution in [3.63, 3.8) is 0 Å². The van der Waals surface area contributed by atoms with E-state index in [2.05, 4.69) is 10.1 Å². The molecule has 0 fully saturated rings. The van der Waals surface area contributed by atoms with E-state index in [1.54, 1.807) is 18.2 Å². The zero-order valence-electron chi connectivity index (χ0n) is 12.0. The maximum Gasteiger partial charge on any atom is 0.322 e. The number of benzene rings is 1.